The van der Waals surface area contributed by atoms with Gasteiger partial charge in [-0.25, -0.2) is 5.43 Å². The highest BCUT2D eigenvalue weighted by atomic mass is 16.6. The first-order valence-electron chi connectivity index (χ1n) is 5.65. The molecule has 0 radical (unpaired) electrons. The molecule has 0 aliphatic carbocycles. The molecule has 7 heteroatoms. The lowest BCUT2D eigenvalue weighted by Gasteiger charge is -2.21. The van der Waals surface area contributed by atoms with Crippen molar-refractivity contribution >= 4 is 17.8 Å². The van der Waals surface area contributed by atoms with Gasteiger partial charge in [0.1, 0.15) is 0 Å². The Kier molecular flexibility index (Phi) is 4.71. The molecule has 0 unspecified atom stereocenters. The van der Waals surface area contributed by atoms with Crippen LogP contribution in [-0.4, -0.2) is 49.2 Å². The van der Waals surface area contributed by atoms with E-state index in [2.05, 4.69) is 10.5 Å². The van der Waals surface area contributed by atoms with Gasteiger partial charge in [0, 0.05) is 6.07 Å². The number of nitrogens with zero attached hydrogens (tertiary/aromatic N) is 3. The van der Waals surface area contributed by atoms with Crippen LogP contribution >= 0.6 is 0 Å². The number of likely N-dealkylation sites (N-methyl/N-ethyl adjacent to an activating group) is 1. The molecular formula is C12H17N4O3+. The van der Waals surface area contributed by atoms with Gasteiger partial charge in [-0.2, -0.15) is 5.10 Å². The Labute approximate surface area is 111 Å². The van der Waals surface area contributed by atoms with Crippen LogP contribution in [0.15, 0.2) is 29.4 Å². The second-order valence-corrected chi connectivity index (χ2v) is 5.06. The molecule has 0 aromatic heterocycles. The number of benzene rings is 1. The Balaban J connectivity index is 2.68. The summed E-state index contributed by atoms with van der Waals surface area (Å²) in [5.74, 6) is -0.248. The molecule has 0 bridgehead atoms. The van der Waals surface area contributed by atoms with Gasteiger partial charge in [-0.05, 0) is 6.07 Å². The molecule has 102 valence electrons. The quantitative estimate of drug-likeness (QED) is 0.369. The number of nitro benzene ring substituents is 1. The third-order valence-corrected chi connectivity index (χ3v) is 2.14. The molecule has 0 heterocycles. The molecule has 1 aromatic carbocycles. The molecule has 7 nitrogen and oxygen atoms in total. The van der Waals surface area contributed by atoms with Crippen molar-refractivity contribution in [1.82, 2.24) is 5.43 Å². The minimum atomic E-state index is -0.491. The highest BCUT2D eigenvalue weighted by molar-refractivity contribution is 5.86. The SMILES string of the molecule is C[N+](C)(C)CC(=O)NN=Cc1ccccc1[N+](=O)[O-]. The first kappa shape index (κ1) is 14.8. The topological polar surface area (TPSA) is 84.6 Å². The summed E-state index contributed by atoms with van der Waals surface area (Å²) in [4.78, 5) is 21.8. The third kappa shape index (κ3) is 5.26. The molecule has 1 rings (SSSR count). The smallest absolute Gasteiger partial charge is 0.295 e. The zero-order chi connectivity index (χ0) is 14.5. The van der Waals surface area contributed by atoms with Crippen molar-refractivity contribution in [2.45, 2.75) is 0 Å². The van der Waals surface area contributed by atoms with E-state index in [9.17, 15) is 14.9 Å². The average Bonchev–Trinajstić information content (AvgIpc) is 2.27. The minimum Gasteiger partial charge on any atom is -0.323 e. The second kappa shape index (κ2) is 6.05. The summed E-state index contributed by atoms with van der Waals surface area (Å²) < 4.78 is 0.479. The van der Waals surface area contributed by atoms with E-state index in [0.29, 0.717) is 10.0 Å². The van der Waals surface area contributed by atoms with E-state index in [-0.39, 0.29) is 18.1 Å². The molecule has 0 fully saturated rings. The van der Waals surface area contributed by atoms with Crippen LogP contribution in [0, 0.1) is 10.1 Å². The van der Waals surface area contributed by atoms with Crippen molar-refractivity contribution in [3.05, 3.63) is 39.9 Å². The fourth-order valence-corrected chi connectivity index (χ4v) is 1.40. The molecule has 19 heavy (non-hydrogen) atoms. The third-order valence-electron chi connectivity index (χ3n) is 2.14. The molecule has 0 saturated heterocycles. The van der Waals surface area contributed by atoms with E-state index in [1.54, 1.807) is 18.2 Å². The highest BCUT2D eigenvalue weighted by Crippen LogP contribution is 2.14. The Bertz CT molecular complexity index is 506. The van der Waals surface area contributed by atoms with Gasteiger partial charge in [0.05, 0.1) is 37.8 Å². The first-order valence-corrected chi connectivity index (χ1v) is 5.65. The van der Waals surface area contributed by atoms with Gasteiger partial charge in [0.25, 0.3) is 11.6 Å². The standard InChI is InChI=1S/C12H16N4O3/c1-16(2,3)9-12(17)14-13-8-10-6-4-5-7-11(10)15(18)19/h4-8H,9H2,1-3H3/p+1. The number of hydrogen-bond acceptors (Lipinski definition) is 4. The van der Waals surface area contributed by atoms with E-state index in [1.165, 1.54) is 12.3 Å². The van der Waals surface area contributed by atoms with E-state index >= 15 is 0 Å². The van der Waals surface area contributed by atoms with Crippen molar-refractivity contribution in [3.63, 3.8) is 0 Å². The monoisotopic (exact) mass is 265 g/mol. The number of carbonyl (C=O) groups excluding carboxylic acids is 1. The summed E-state index contributed by atoms with van der Waals surface area (Å²) in [6.07, 6.45) is 1.27. The normalized spacial score (nSPS) is 11.5. The minimum absolute atomic E-state index is 0.0490. The highest BCUT2D eigenvalue weighted by Gasteiger charge is 2.14. The zero-order valence-electron chi connectivity index (χ0n) is 11.2. The summed E-state index contributed by atoms with van der Waals surface area (Å²) in [5, 5.41) is 14.5. The lowest BCUT2D eigenvalue weighted by molar-refractivity contribution is -0.862. The lowest BCUT2D eigenvalue weighted by Crippen LogP contribution is -2.43. The number of hydrogen-bond donors (Lipinski definition) is 1. The molecule has 1 N–H and O–H groups in total. The van der Waals surface area contributed by atoms with Gasteiger partial charge in [0.15, 0.2) is 6.54 Å². The van der Waals surface area contributed by atoms with Gasteiger partial charge in [-0.15, -0.1) is 0 Å². The Hall–Kier alpha value is -2.28. The van der Waals surface area contributed by atoms with Crippen LogP contribution in [0.5, 0.6) is 0 Å². The van der Waals surface area contributed by atoms with Crippen LogP contribution in [0.1, 0.15) is 5.56 Å². The van der Waals surface area contributed by atoms with Gasteiger partial charge >= 0.3 is 0 Å². The summed E-state index contributed by atoms with van der Waals surface area (Å²) in [6.45, 7) is 0.272. The Morgan fingerprint density at radius 2 is 2.05 bits per heavy atom. The molecule has 0 aliphatic rings. The lowest BCUT2D eigenvalue weighted by atomic mass is 10.2. The van der Waals surface area contributed by atoms with Gasteiger partial charge in [-0.3, -0.25) is 14.9 Å². The molecular weight excluding hydrogens is 248 g/mol. The van der Waals surface area contributed by atoms with Crippen LogP contribution in [0.2, 0.25) is 0 Å². The van der Waals surface area contributed by atoms with Gasteiger partial charge < -0.3 is 4.48 Å². The van der Waals surface area contributed by atoms with Crippen LogP contribution < -0.4 is 5.43 Å². The molecule has 0 atom stereocenters. The first-order chi connectivity index (χ1) is 8.79. The van der Waals surface area contributed by atoms with E-state index in [4.69, 9.17) is 0 Å². The summed E-state index contributed by atoms with van der Waals surface area (Å²) >= 11 is 0. The molecule has 1 aromatic rings. The van der Waals surface area contributed by atoms with Crippen molar-refractivity contribution in [1.29, 1.82) is 0 Å². The molecule has 0 saturated carbocycles. The van der Waals surface area contributed by atoms with Crippen LogP contribution in [0.25, 0.3) is 0 Å². The Morgan fingerprint density at radius 1 is 1.42 bits per heavy atom. The number of amides is 1. The van der Waals surface area contributed by atoms with E-state index in [1.807, 2.05) is 21.1 Å². The van der Waals surface area contributed by atoms with Crippen molar-refractivity contribution in [2.75, 3.05) is 27.7 Å². The summed E-state index contributed by atoms with van der Waals surface area (Å²) in [5.41, 5.74) is 2.64. The van der Waals surface area contributed by atoms with Crippen molar-refractivity contribution in [3.8, 4) is 0 Å². The number of quaternary nitrogens is 1. The van der Waals surface area contributed by atoms with Crippen molar-refractivity contribution < 1.29 is 14.2 Å². The number of nitro groups is 1. The molecule has 1 amide bonds. The predicted molar refractivity (Wildman–Crippen MR) is 71.7 cm³/mol. The fourth-order valence-electron chi connectivity index (χ4n) is 1.40. The van der Waals surface area contributed by atoms with Crippen LogP contribution in [-0.2, 0) is 4.79 Å². The van der Waals surface area contributed by atoms with E-state index < -0.39 is 4.92 Å². The number of carbonyl (C=O) groups is 1. The van der Waals surface area contributed by atoms with E-state index in [0.717, 1.165) is 0 Å². The maximum atomic E-state index is 11.5. The maximum Gasteiger partial charge on any atom is 0.295 e. The fraction of sp³-hybridized carbons (Fsp3) is 0.333. The number of nitrogens with one attached hydrogen (secondary N) is 1. The molecule has 0 spiro atoms. The molecule has 0 aliphatic heterocycles. The number of para-hydroxylation sites is 1. The Morgan fingerprint density at radius 3 is 2.63 bits per heavy atom. The summed E-state index contributed by atoms with van der Waals surface area (Å²) in [7, 11) is 5.64. The zero-order valence-corrected chi connectivity index (χ0v) is 11.2. The van der Waals surface area contributed by atoms with Gasteiger partial charge in [0.2, 0.25) is 0 Å². The predicted octanol–water partition coefficient (Wildman–Crippen LogP) is 0.751. The van der Waals surface area contributed by atoms with Crippen molar-refractivity contribution in [2.24, 2.45) is 5.10 Å². The number of hydrazone groups is 1. The largest absolute Gasteiger partial charge is 0.323 e. The summed E-state index contributed by atoms with van der Waals surface area (Å²) in [6, 6.07) is 6.19. The number of rotatable bonds is 5. The second-order valence-electron chi connectivity index (χ2n) is 5.06. The van der Waals surface area contributed by atoms with Crippen LogP contribution in [0.4, 0.5) is 5.69 Å². The average molecular weight is 265 g/mol. The maximum absolute atomic E-state index is 11.5. The van der Waals surface area contributed by atoms with Crippen LogP contribution in [0.3, 0.4) is 0 Å². The van der Waals surface area contributed by atoms with Gasteiger partial charge in [-0.1, -0.05) is 12.1 Å².